The number of amides is 1. The lowest BCUT2D eigenvalue weighted by Crippen LogP contribution is -2.43. The normalized spacial score (nSPS) is 16.0. The predicted octanol–water partition coefficient (Wildman–Crippen LogP) is 4.45. The van der Waals surface area contributed by atoms with Crippen LogP contribution in [0.1, 0.15) is 38.4 Å². The summed E-state index contributed by atoms with van der Waals surface area (Å²) >= 11 is 0. The molecule has 4 rings (SSSR count). The molecule has 3 aromatic rings. The van der Waals surface area contributed by atoms with Gasteiger partial charge in [0.15, 0.2) is 11.5 Å². The molecule has 0 saturated carbocycles. The van der Waals surface area contributed by atoms with Crippen LogP contribution in [0.4, 0.5) is 16.3 Å². The third-order valence-electron chi connectivity index (χ3n) is 5.90. The number of aryl methyl sites for hydroxylation is 1. The monoisotopic (exact) mass is 438 g/mol. The van der Waals surface area contributed by atoms with Gasteiger partial charge in [-0.2, -0.15) is 0 Å². The molecule has 1 aromatic carbocycles. The van der Waals surface area contributed by atoms with Gasteiger partial charge in [-0.3, -0.25) is 0 Å². The first-order valence-corrected chi connectivity index (χ1v) is 10.8. The minimum absolute atomic E-state index is 0.0701. The van der Waals surface area contributed by atoms with Gasteiger partial charge in [-0.25, -0.2) is 9.78 Å². The van der Waals surface area contributed by atoms with Crippen molar-refractivity contribution in [3.63, 3.8) is 0 Å². The number of anilines is 2. The fourth-order valence-corrected chi connectivity index (χ4v) is 4.24. The number of aromatic hydroxyl groups is 2. The Morgan fingerprint density at radius 1 is 1.22 bits per heavy atom. The number of nitrogens with one attached hydrogen (secondary N) is 1. The molecule has 2 aromatic heterocycles. The highest BCUT2D eigenvalue weighted by atomic mass is 16.6. The Kier molecular flexibility index (Phi) is 5.40. The van der Waals surface area contributed by atoms with E-state index in [1.807, 2.05) is 47.0 Å². The van der Waals surface area contributed by atoms with E-state index < -0.39 is 5.60 Å². The maximum atomic E-state index is 12.5. The van der Waals surface area contributed by atoms with Crippen LogP contribution in [-0.4, -0.2) is 49.4 Å². The second kappa shape index (κ2) is 7.93. The van der Waals surface area contributed by atoms with Crippen molar-refractivity contribution in [2.75, 3.05) is 12.4 Å². The molecule has 0 saturated heterocycles. The van der Waals surface area contributed by atoms with Crippen LogP contribution in [0.5, 0.6) is 11.5 Å². The van der Waals surface area contributed by atoms with Crippen LogP contribution >= 0.6 is 0 Å². The van der Waals surface area contributed by atoms with Crippen molar-refractivity contribution in [1.82, 2.24) is 14.5 Å². The molecule has 0 fully saturated rings. The zero-order valence-electron chi connectivity index (χ0n) is 19.1. The van der Waals surface area contributed by atoms with Gasteiger partial charge in [-0.15, -0.1) is 0 Å². The minimum atomic E-state index is -0.522. The Morgan fingerprint density at radius 3 is 2.66 bits per heavy atom. The number of pyridine rings is 1. The molecule has 1 atom stereocenters. The molecule has 32 heavy (non-hydrogen) atoms. The molecule has 0 spiro atoms. The molecule has 0 bridgehead atoms. The summed E-state index contributed by atoms with van der Waals surface area (Å²) in [6, 6.07) is 8.56. The number of nitrogens with zero attached hydrogens (tertiary/aromatic N) is 3. The van der Waals surface area contributed by atoms with E-state index in [-0.39, 0.29) is 23.6 Å². The molecular weight excluding hydrogens is 408 g/mol. The van der Waals surface area contributed by atoms with E-state index in [1.165, 1.54) is 23.4 Å². The Bertz CT molecular complexity index is 1180. The van der Waals surface area contributed by atoms with E-state index in [0.717, 1.165) is 30.3 Å². The van der Waals surface area contributed by atoms with Gasteiger partial charge in [0, 0.05) is 43.0 Å². The summed E-state index contributed by atoms with van der Waals surface area (Å²) in [5.41, 5.74) is 3.43. The van der Waals surface area contributed by atoms with Gasteiger partial charge >= 0.3 is 6.09 Å². The number of benzene rings is 1. The summed E-state index contributed by atoms with van der Waals surface area (Å²) in [4.78, 5) is 19.0. The largest absolute Gasteiger partial charge is 0.504 e. The van der Waals surface area contributed by atoms with Crippen LogP contribution in [0.25, 0.3) is 11.0 Å². The quantitative estimate of drug-likeness (QED) is 0.413. The molecule has 2 heterocycles. The second-order valence-corrected chi connectivity index (χ2v) is 9.37. The molecule has 1 unspecified atom stereocenters. The molecule has 1 aliphatic carbocycles. The molecule has 1 aliphatic rings. The molecule has 170 valence electrons. The van der Waals surface area contributed by atoms with Gasteiger partial charge in [-0.05, 0) is 69.9 Å². The summed E-state index contributed by atoms with van der Waals surface area (Å²) in [6.45, 7) is 5.62. The van der Waals surface area contributed by atoms with Gasteiger partial charge in [-0.1, -0.05) is 0 Å². The Morgan fingerprint density at radius 2 is 1.97 bits per heavy atom. The number of phenols is 2. The maximum absolute atomic E-state index is 12.5. The summed E-state index contributed by atoms with van der Waals surface area (Å²) in [6.07, 6.45) is 2.18. The first-order chi connectivity index (χ1) is 15.0. The van der Waals surface area contributed by atoms with Gasteiger partial charge in [0.05, 0.1) is 0 Å². The lowest BCUT2D eigenvalue weighted by Gasteiger charge is -2.33. The predicted molar refractivity (Wildman–Crippen MR) is 124 cm³/mol. The van der Waals surface area contributed by atoms with Crippen LogP contribution < -0.4 is 5.32 Å². The summed E-state index contributed by atoms with van der Waals surface area (Å²) in [5, 5.41) is 23.5. The fraction of sp³-hybridized carbons (Fsp3) is 0.417. The Labute approximate surface area is 187 Å². The van der Waals surface area contributed by atoms with Crippen molar-refractivity contribution in [2.24, 2.45) is 7.05 Å². The van der Waals surface area contributed by atoms with Gasteiger partial charge < -0.3 is 29.7 Å². The van der Waals surface area contributed by atoms with E-state index in [2.05, 4.69) is 9.88 Å². The Balaban J connectivity index is 1.59. The van der Waals surface area contributed by atoms with Crippen molar-refractivity contribution < 1.29 is 19.7 Å². The molecule has 3 N–H and O–H groups in total. The standard InChI is InChI=1S/C24H30N4O4/c1-24(2,3)32-23(31)27(4)15-7-9-18-17(13-15)16-8-11-21(26-22(16)28(18)5)25-14-6-10-19(29)20(30)12-14/h6,8,10-12,15,29-30H,7,9,13H2,1-5H3,(H,25,26). The van der Waals surface area contributed by atoms with Crippen LogP contribution in [-0.2, 0) is 24.6 Å². The van der Waals surface area contributed by atoms with E-state index in [0.29, 0.717) is 11.5 Å². The number of rotatable bonds is 3. The number of hydrogen-bond acceptors (Lipinski definition) is 6. The molecule has 1 amide bonds. The number of fused-ring (bicyclic) bond motifs is 3. The lowest BCUT2D eigenvalue weighted by molar-refractivity contribution is 0.0210. The van der Waals surface area contributed by atoms with Crippen molar-refractivity contribution in [3.8, 4) is 11.5 Å². The highest BCUT2D eigenvalue weighted by Crippen LogP contribution is 2.34. The van der Waals surface area contributed by atoms with Crippen molar-refractivity contribution >= 4 is 28.6 Å². The summed E-state index contributed by atoms with van der Waals surface area (Å²) in [7, 11) is 3.82. The lowest BCUT2D eigenvalue weighted by atomic mass is 9.91. The number of ether oxygens (including phenoxy) is 1. The third kappa shape index (κ3) is 4.17. The number of carbonyl (C=O) groups is 1. The second-order valence-electron chi connectivity index (χ2n) is 9.37. The topological polar surface area (TPSA) is 99.8 Å². The summed E-state index contributed by atoms with van der Waals surface area (Å²) < 4.78 is 7.67. The van der Waals surface area contributed by atoms with Crippen LogP contribution in [0.3, 0.4) is 0 Å². The number of carbonyl (C=O) groups excluding carboxylic acids is 1. The summed E-state index contributed by atoms with van der Waals surface area (Å²) in [5.74, 6) is 0.286. The van der Waals surface area contributed by atoms with Gasteiger partial charge in [0.1, 0.15) is 17.1 Å². The zero-order valence-corrected chi connectivity index (χ0v) is 19.1. The number of hydrogen-bond donors (Lipinski definition) is 3. The first-order valence-electron chi connectivity index (χ1n) is 10.8. The van der Waals surface area contributed by atoms with Crippen LogP contribution in [0, 0.1) is 0 Å². The molecule has 8 nitrogen and oxygen atoms in total. The smallest absolute Gasteiger partial charge is 0.410 e. The number of aromatic nitrogens is 2. The Hall–Kier alpha value is -3.42. The molecule has 0 radical (unpaired) electrons. The molecule has 8 heteroatoms. The van der Waals surface area contributed by atoms with Crippen molar-refractivity contribution in [1.29, 1.82) is 0 Å². The van der Waals surface area contributed by atoms with Gasteiger partial charge in [0.25, 0.3) is 0 Å². The third-order valence-corrected chi connectivity index (χ3v) is 5.90. The van der Waals surface area contributed by atoms with Gasteiger partial charge in [0.2, 0.25) is 0 Å². The average Bonchev–Trinajstić information content (AvgIpc) is 3.00. The zero-order chi connectivity index (χ0) is 23.2. The number of likely N-dealkylation sites (N-methyl/N-ethyl adjacent to an activating group) is 1. The SMILES string of the molecule is CN(C(=O)OC(C)(C)C)C1CCc2c(c3ccc(Nc4ccc(O)c(O)c4)nc3n2C)C1. The molecular formula is C24H30N4O4. The molecule has 0 aliphatic heterocycles. The first kappa shape index (κ1) is 21.8. The van der Waals surface area contributed by atoms with Crippen LogP contribution in [0.2, 0.25) is 0 Å². The van der Waals surface area contributed by atoms with E-state index in [9.17, 15) is 15.0 Å². The minimum Gasteiger partial charge on any atom is -0.504 e. The van der Waals surface area contributed by atoms with Crippen LogP contribution in [0.15, 0.2) is 30.3 Å². The van der Waals surface area contributed by atoms with Crippen molar-refractivity contribution in [3.05, 3.63) is 41.6 Å². The average molecular weight is 439 g/mol. The highest BCUT2D eigenvalue weighted by molar-refractivity contribution is 5.85. The van der Waals surface area contributed by atoms with E-state index in [1.54, 1.807) is 11.0 Å². The fourth-order valence-electron chi connectivity index (χ4n) is 4.24. The van der Waals surface area contributed by atoms with Crippen molar-refractivity contribution in [2.45, 2.75) is 51.7 Å². The number of phenolic OH excluding ortho intramolecular Hbond substituents is 2. The van der Waals surface area contributed by atoms with E-state index >= 15 is 0 Å². The highest BCUT2D eigenvalue weighted by Gasteiger charge is 2.31. The van der Waals surface area contributed by atoms with E-state index in [4.69, 9.17) is 9.72 Å². The maximum Gasteiger partial charge on any atom is 0.410 e.